The van der Waals surface area contributed by atoms with Gasteiger partial charge in [-0.15, -0.1) is 12.4 Å². The molecule has 1 aliphatic heterocycles. The molecule has 172 valence electrons. The van der Waals surface area contributed by atoms with Gasteiger partial charge in [-0.2, -0.15) is 0 Å². The van der Waals surface area contributed by atoms with Crippen molar-refractivity contribution in [2.24, 2.45) is 0 Å². The second-order valence-corrected chi connectivity index (χ2v) is 8.54. The minimum Gasteiger partial charge on any atom is -0.379 e. The Labute approximate surface area is 198 Å². The zero-order valence-electron chi connectivity index (χ0n) is 16.8. The van der Waals surface area contributed by atoms with Crippen molar-refractivity contribution in [3.05, 3.63) is 58.4 Å². The Hall–Kier alpha value is -1.91. The summed E-state index contributed by atoms with van der Waals surface area (Å²) in [7, 11) is 0. The second kappa shape index (κ2) is 10.8. The summed E-state index contributed by atoms with van der Waals surface area (Å²) in [6, 6.07) is 5.46. The first kappa shape index (κ1) is 24.7. The smallest absolute Gasteiger partial charge is 0.261 e. The molecular formula is C21H20Cl2F3N3O2S. The molecule has 0 unspecified atom stereocenters. The van der Waals surface area contributed by atoms with Crippen molar-refractivity contribution in [2.45, 2.75) is 6.42 Å². The lowest BCUT2D eigenvalue weighted by molar-refractivity contribution is 0.0376. The maximum atomic E-state index is 14.2. The Morgan fingerprint density at radius 1 is 1.16 bits per heavy atom. The molecule has 1 saturated heterocycles. The molecule has 0 bridgehead atoms. The molecule has 2 heterocycles. The third kappa shape index (κ3) is 5.52. The number of carbonyl (C=O) groups is 1. The quantitative estimate of drug-likeness (QED) is 0.464. The summed E-state index contributed by atoms with van der Waals surface area (Å²) in [4.78, 5) is 21.1. The molecule has 1 aromatic heterocycles. The topological polar surface area (TPSA) is 45.7 Å². The lowest BCUT2D eigenvalue weighted by Gasteiger charge is -2.27. The molecule has 0 aliphatic carbocycles. The van der Waals surface area contributed by atoms with Crippen LogP contribution in [0, 0.1) is 17.5 Å². The Balaban J connectivity index is 0.00000289. The molecule has 0 radical (unpaired) electrons. The Morgan fingerprint density at radius 3 is 2.62 bits per heavy atom. The fourth-order valence-corrected chi connectivity index (χ4v) is 4.71. The number of aromatic nitrogens is 1. The standard InChI is InChI=1S/C21H19ClF3N3O2S.ClH/c22-16-10-13(23)2-3-15(16)20(29)28(5-1-4-27-6-8-30-9-7-27)21-26-19-17(25)11-14(24)12-18(19)31-21;/h2-3,10-12H,1,4-9H2;1H. The molecule has 0 saturated carbocycles. The number of nitrogens with zero attached hydrogens (tertiary/aromatic N) is 3. The molecule has 1 aliphatic rings. The molecular weight excluding hydrogens is 486 g/mol. The molecule has 4 rings (SSSR count). The third-order valence-corrected chi connectivity index (χ3v) is 6.34. The first-order chi connectivity index (χ1) is 14.9. The summed E-state index contributed by atoms with van der Waals surface area (Å²) in [5.41, 5.74) is 0.109. The first-order valence-corrected chi connectivity index (χ1v) is 10.9. The van der Waals surface area contributed by atoms with Crippen molar-refractivity contribution in [3.63, 3.8) is 0 Å². The highest BCUT2D eigenvalue weighted by atomic mass is 35.5. The number of morpholine rings is 1. The van der Waals surface area contributed by atoms with E-state index in [2.05, 4.69) is 9.88 Å². The van der Waals surface area contributed by atoms with Gasteiger partial charge in [0.15, 0.2) is 10.9 Å². The number of carbonyl (C=O) groups excluding carboxylic acids is 1. The van der Waals surface area contributed by atoms with E-state index in [-0.39, 0.29) is 40.2 Å². The molecule has 1 fully saturated rings. The Kier molecular flexibility index (Phi) is 8.35. The molecule has 1 amide bonds. The summed E-state index contributed by atoms with van der Waals surface area (Å²) < 4.78 is 46.9. The predicted molar refractivity (Wildman–Crippen MR) is 122 cm³/mol. The zero-order valence-corrected chi connectivity index (χ0v) is 19.2. The summed E-state index contributed by atoms with van der Waals surface area (Å²) >= 11 is 7.12. The van der Waals surface area contributed by atoms with Crippen LogP contribution in [0.15, 0.2) is 30.3 Å². The van der Waals surface area contributed by atoms with Crippen LogP contribution < -0.4 is 4.90 Å². The number of halogens is 5. The summed E-state index contributed by atoms with van der Waals surface area (Å²) in [6.07, 6.45) is 0.622. The number of hydrogen-bond acceptors (Lipinski definition) is 5. The number of anilines is 1. The van der Waals surface area contributed by atoms with Crippen molar-refractivity contribution in [1.82, 2.24) is 9.88 Å². The van der Waals surface area contributed by atoms with E-state index in [0.717, 1.165) is 49.2 Å². The third-order valence-electron chi connectivity index (χ3n) is 5.00. The van der Waals surface area contributed by atoms with Crippen molar-refractivity contribution in [1.29, 1.82) is 0 Å². The van der Waals surface area contributed by atoms with Crippen LogP contribution in [-0.4, -0.2) is 55.2 Å². The molecule has 2 aromatic carbocycles. The molecule has 0 N–H and O–H groups in total. The molecule has 0 spiro atoms. The lowest BCUT2D eigenvalue weighted by Crippen LogP contribution is -2.39. The number of rotatable bonds is 6. The predicted octanol–water partition coefficient (Wildman–Crippen LogP) is 5.16. The van der Waals surface area contributed by atoms with Crippen LogP contribution in [0.2, 0.25) is 5.02 Å². The van der Waals surface area contributed by atoms with Crippen molar-refractivity contribution < 1.29 is 22.7 Å². The number of thiazole rings is 1. The van der Waals surface area contributed by atoms with Gasteiger partial charge in [-0.1, -0.05) is 22.9 Å². The van der Waals surface area contributed by atoms with Crippen LogP contribution in [-0.2, 0) is 4.74 Å². The van der Waals surface area contributed by atoms with Crippen LogP contribution >= 0.6 is 35.3 Å². The maximum absolute atomic E-state index is 14.2. The van der Waals surface area contributed by atoms with Gasteiger partial charge in [0.1, 0.15) is 17.2 Å². The fourth-order valence-electron chi connectivity index (χ4n) is 3.43. The highest BCUT2D eigenvalue weighted by Crippen LogP contribution is 2.33. The van der Waals surface area contributed by atoms with E-state index in [1.54, 1.807) is 0 Å². The van der Waals surface area contributed by atoms with Gasteiger partial charge in [0.25, 0.3) is 5.91 Å². The largest absolute Gasteiger partial charge is 0.379 e. The van der Waals surface area contributed by atoms with E-state index < -0.39 is 23.4 Å². The Morgan fingerprint density at radius 2 is 1.91 bits per heavy atom. The van der Waals surface area contributed by atoms with Gasteiger partial charge in [0.05, 0.1) is 28.5 Å². The van der Waals surface area contributed by atoms with E-state index >= 15 is 0 Å². The number of fused-ring (bicyclic) bond motifs is 1. The minimum atomic E-state index is -0.793. The molecule has 11 heteroatoms. The SMILES string of the molecule is Cl.O=C(c1ccc(F)cc1Cl)N(CCCN1CCOCC1)c1nc2c(F)cc(F)cc2s1. The van der Waals surface area contributed by atoms with E-state index in [4.69, 9.17) is 16.3 Å². The van der Waals surface area contributed by atoms with Gasteiger partial charge in [-0.3, -0.25) is 14.6 Å². The van der Waals surface area contributed by atoms with Gasteiger partial charge in [0.2, 0.25) is 0 Å². The molecule has 3 aromatic rings. The van der Waals surface area contributed by atoms with Crippen LogP contribution in [0.3, 0.4) is 0 Å². The molecule has 5 nitrogen and oxygen atoms in total. The molecule has 32 heavy (non-hydrogen) atoms. The van der Waals surface area contributed by atoms with Crippen LogP contribution in [0.4, 0.5) is 18.3 Å². The van der Waals surface area contributed by atoms with Gasteiger partial charge in [-0.05, 0) is 30.7 Å². The van der Waals surface area contributed by atoms with E-state index in [1.165, 1.54) is 17.0 Å². The number of hydrogen-bond donors (Lipinski definition) is 0. The average molecular weight is 506 g/mol. The fraction of sp³-hybridized carbons (Fsp3) is 0.333. The zero-order chi connectivity index (χ0) is 22.0. The lowest BCUT2D eigenvalue weighted by atomic mass is 10.2. The number of amides is 1. The normalized spacial score (nSPS) is 14.4. The number of ether oxygens (including phenoxy) is 1. The monoisotopic (exact) mass is 505 g/mol. The van der Waals surface area contributed by atoms with E-state index in [9.17, 15) is 18.0 Å². The van der Waals surface area contributed by atoms with Gasteiger partial charge >= 0.3 is 0 Å². The average Bonchev–Trinajstić information content (AvgIpc) is 3.15. The summed E-state index contributed by atoms with van der Waals surface area (Å²) in [5, 5.41) is 0.202. The van der Waals surface area contributed by atoms with Crippen molar-refractivity contribution in [2.75, 3.05) is 44.3 Å². The maximum Gasteiger partial charge on any atom is 0.261 e. The summed E-state index contributed by atoms with van der Waals surface area (Å²) in [6.45, 7) is 3.96. The Bertz CT molecular complexity index is 1110. The van der Waals surface area contributed by atoms with Crippen molar-refractivity contribution in [3.8, 4) is 0 Å². The van der Waals surface area contributed by atoms with Gasteiger partial charge < -0.3 is 4.74 Å². The first-order valence-electron chi connectivity index (χ1n) is 9.75. The second-order valence-electron chi connectivity index (χ2n) is 7.12. The van der Waals surface area contributed by atoms with Crippen LogP contribution in [0.25, 0.3) is 10.2 Å². The van der Waals surface area contributed by atoms with Gasteiger partial charge in [-0.25, -0.2) is 18.2 Å². The number of benzene rings is 2. The van der Waals surface area contributed by atoms with E-state index in [0.29, 0.717) is 24.3 Å². The van der Waals surface area contributed by atoms with Crippen molar-refractivity contribution >= 4 is 56.6 Å². The van der Waals surface area contributed by atoms with E-state index in [1.807, 2.05) is 0 Å². The van der Waals surface area contributed by atoms with Gasteiger partial charge in [0, 0.05) is 32.2 Å². The highest BCUT2D eigenvalue weighted by molar-refractivity contribution is 7.22. The van der Waals surface area contributed by atoms with Crippen LogP contribution in [0.1, 0.15) is 16.8 Å². The highest BCUT2D eigenvalue weighted by Gasteiger charge is 2.24. The van der Waals surface area contributed by atoms with Crippen LogP contribution in [0.5, 0.6) is 0 Å². The molecule has 0 atom stereocenters. The summed E-state index contributed by atoms with van der Waals surface area (Å²) in [5.74, 6) is -2.55. The minimum absolute atomic E-state index is 0.